The average Bonchev–Trinajstić information content (AvgIpc) is 2.40. The fourth-order valence-corrected chi connectivity index (χ4v) is 2.32. The summed E-state index contributed by atoms with van der Waals surface area (Å²) >= 11 is 0. The minimum absolute atomic E-state index is 0.0907. The second-order valence-corrected chi connectivity index (χ2v) is 4.80. The topological polar surface area (TPSA) is 64.4 Å². The molecule has 0 bridgehead atoms. The fraction of sp³-hybridized carbons (Fsp3) is 0.500. The Kier molecular flexibility index (Phi) is 4.20. The SMILES string of the molecule is CC(NC(=O)c1ccccc1N)C1CCOCC1. The molecule has 0 spiro atoms. The van der Waals surface area contributed by atoms with Gasteiger partial charge in [0.15, 0.2) is 0 Å². The Morgan fingerprint density at radius 1 is 1.39 bits per heavy atom. The van der Waals surface area contributed by atoms with Crippen molar-refractivity contribution in [3.8, 4) is 0 Å². The summed E-state index contributed by atoms with van der Waals surface area (Å²) in [6.07, 6.45) is 2.01. The van der Waals surface area contributed by atoms with E-state index in [4.69, 9.17) is 10.5 Å². The molecule has 0 radical (unpaired) electrons. The fourth-order valence-electron chi connectivity index (χ4n) is 2.32. The molecule has 1 aromatic rings. The predicted molar refractivity (Wildman–Crippen MR) is 71.3 cm³/mol. The third-order valence-corrected chi connectivity index (χ3v) is 3.54. The maximum absolute atomic E-state index is 12.1. The highest BCUT2D eigenvalue weighted by atomic mass is 16.5. The first-order valence-electron chi connectivity index (χ1n) is 6.41. The van der Waals surface area contributed by atoms with Crippen molar-refractivity contribution in [2.45, 2.75) is 25.8 Å². The number of carbonyl (C=O) groups is 1. The van der Waals surface area contributed by atoms with Crippen LogP contribution in [0.25, 0.3) is 0 Å². The normalized spacial score (nSPS) is 18.3. The van der Waals surface area contributed by atoms with Crippen LogP contribution in [0.2, 0.25) is 0 Å². The number of nitrogens with two attached hydrogens (primary N) is 1. The first-order valence-corrected chi connectivity index (χ1v) is 6.41. The van der Waals surface area contributed by atoms with Crippen LogP contribution in [0.4, 0.5) is 5.69 Å². The van der Waals surface area contributed by atoms with Gasteiger partial charge in [0.25, 0.3) is 5.91 Å². The summed E-state index contributed by atoms with van der Waals surface area (Å²) in [5, 5.41) is 3.03. The van der Waals surface area contributed by atoms with Gasteiger partial charge in [-0.05, 0) is 37.8 Å². The Bertz CT molecular complexity index is 414. The first-order chi connectivity index (χ1) is 8.68. The molecule has 2 rings (SSSR count). The zero-order valence-electron chi connectivity index (χ0n) is 10.7. The van der Waals surface area contributed by atoms with Crippen molar-refractivity contribution in [3.63, 3.8) is 0 Å². The van der Waals surface area contributed by atoms with Crippen LogP contribution >= 0.6 is 0 Å². The van der Waals surface area contributed by atoms with E-state index < -0.39 is 0 Å². The monoisotopic (exact) mass is 248 g/mol. The molecule has 0 aliphatic carbocycles. The summed E-state index contributed by atoms with van der Waals surface area (Å²) in [4.78, 5) is 12.1. The molecule has 1 saturated heterocycles. The van der Waals surface area contributed by atoms with Crippen molar-refractivity contribution in [3.05, 3.63) is 29.8 Å². The van der Waals surface area contributed by atoms with Crippen LogP contribution < -0.4 is 11.1 Å². The van der Waals surface area contributed by atoms with Gasteiger partial charge < -0.3 is 15.8 Å². The van der Waals surface area contributed by atoms with E-state index in [-0.39, 0.29) is 11.9 Å². The Morgan fingerprint density at radius 2 is 2.06 bits per heavy atom. The Balaban J connectivity index is 1.96. The lowest BCUT2D eigenvalue weighted by molar-refractivity contribution is 0.0538. The summed E-state index contributed by atoms with van der Waals surface area (Å²) in [5.74, 6) is 0.403. The molecule has 3 N–H and O–H groups in total. The van der Waals surface area contributed by atoms with Crippen molar-refractivity contribution in [2.75, 3.05) is 18.9 Å². The summed E-state index contributed by atoms with van der Waals surface area (Å²) in [6, 6.07) is 7.30. The molecule has 1 aliphatic heterocycles. The summed E-state index contributed by atoms with van der Waals surface area (Å²) in [5.41, 5.74) is 6.87. The molecule has 1 atom stereocenters. The molecular formula is C14H20N2O2. The molecular weight excluding hydrogens is 228 g/mol. The molecule has 1 aromatic carbocycles. The highest BCUT2D eigenvalue weighted by Gasteiger charge is 2.22. The van der Waals surface area contributed by atoms with E-state index in [1.165, 1.54) is 0 Å². The summed E-state index contributed by atoms with van der Waals surface area (Å²) < 4.78 is 5.33. The van der Waals surface area contributed by atoms with Gasteiger partial charge in [0, 0.05) is 24.9 Å². The number of para-hydroxylation sites is 1. The van der Waals surface area contributed by atoms with Crippen molar-refractivity contribution in [2.24, 2.45) is 5.92 Å². The van der Waals surface area contributed by atoms with Gasteiger partial charge in [0.05, 0.1) is 5.56 Å². The van der Waals surface area contributed by atoms with Crippen LogP contribution in [-0.4, -0.2) is 25.2 Å². The van der Waals surface area contributed by atoms with Crippen LogP contribution in [0.3, 0.4) is 0 Å². The van der Waals surface area contributed by atoms with Gasteiger partial charge in [-0.3, -0.25) is 4.79 Å². The van der Waals surface area contributed by atoms with E-state index in [0.29, 0.717) is 17.2 Å². The molecule has 1 unspecified atom stereocenters. The molecule has 98 valence electrons. The van der Waals surface area contributed by atoms with Crippen molar-refractivity contribution in [1.82, 2.24) is 5.32 Å². The number of anilines is 1. The second kappa shape index (κ2) is 5.87. The van der Waals surface area contributed by atoms with Gasteiger partial charge in [0.1, 0.15) is 0 Å². The third-order valence-electron chi connectivity index (χ3n) is 3.54. The number of ether oxygens (including phenoxy) is 1. The van der Waals surface area contributed by atoms with E-state index in [1.54, 1.807) is 12.1 Å². The number of nitrogens with one attached hydrogen (secondary N) is 1. The lowest BCUT2D eigenvalue weighted by Crippen LogP contribution is -2.40. The van der Waals surface area contributed by atoms with Crippen LogP contribution in [0.1, 0.15) is 30.1 Å². The van der Waals surface area contributed by atoms with Gasteiger partial charge in [-0.1, -0.05) is 12.1 Å². The molecule has 18 heavy (non-hydrogen) atoms. The van der Waals surface area contributed by atoms with Crippen LogP contribution in [-0.2, 0) is 4.74 Å². The molecule has 0 saturated carbocycles. The Labute approximate surface area is 108 Å². The lowest BCUT2D eigenvalue weighted by Gasteiger charge is -2.28. The maximum Gasteiger partial charge on any atom is 0.253 e. The average molecular weight is 248 g/mol. The quantitative estimate of drug-likeness (QED) is 0.802. The highest BCUT2D eigenvalue weighted by molar-refractivity contribution is 5.99. The summed E-state index contributed by atoms with van der Waals surface area (Å²) in [7, 11) is 0. The van der Waals surface area contributed by atoms with Gasteiger partial charge in [-0.2, -0.15) is 0 Å². The van der Waals surface area contributed by atoms with E-state index in [9.17, 15) is 4.79 Å². The zero-order valence-corrected chi connectivity index (χ0v) is 10.7. The zero-order chi connectivity index (χ0) is 13.0. The number of benzene rings is 1. The number of amides is 1. The highest BCUT2D eigenvalue weighted by Crippen LogP contribution is 2.19. The lowest BCUT2D eigenvalue weighted by atomic mass is 9.92. The summed E-state index contributed by atoms with van der Waals surface area (Å²) in [6.45, 7) is 3.63. The first kappa shape index (κ1) is 12.9. The van der Waals surface area contributed by atoms with Crippen LogP contribution in [0.5, 0.6) is 0 Å². The smallest absolute Gasteiger partial charge is 0.253 e. The van der Waals surface area contributed by atoms with Crippen molar-refractivity contribution < 1.29 is 9.53 Å². The Hall–Kier alpha value is -1.55. The maximum atomic E-state index is 12.1. The van der Waals surface area contributed by atoms with E-state index >= 15 is 0 Å². The van der Waals surface area contributed by atoms with E-state index in [2.05, 4.69) is 5.32 Å². The Morgan fingerprint density at radius 3 is 2.72 bits per heavy atom. The molecule has 4 nitrogen and oxygen atoms in total. The minimum Gasteiger partial charge on any atom is -0.398 e. The van der Waals surface area contributed by atoms with Crippen LogP contribution in [0.15, 0.2) is 24.3 Å². The van der Waals surface area contributed by atoms with E-state index in [0.717, 1.165) is 26.1 Å². The predicted octanol–water partition coefficient (Wildman–Crippen LogP) is 1.81. The largest absolute Gasteiger partial charge is 0.398 e. The minimum atomic E-state index is -0.0907. The number of rotatable bonds is 3. The molecule has 1 heterocycles. The molecule has 0 aromatic heterocycles. The molecule has 4 heteroatoms. The van der Waals surface area contributed by atoms with E-state index in [1.807, 2.05) is 19.1 Å². The van der Waals surface area contributed by atoms with Crippen molar-refractivity contribution in [1.29, 1.82) is 0 Å². The van der Waals surface area contributed by atoms with Crippen LogP contribution in [0, 0.1) is 5.92 Å². The molecule has 1 amide bonds. The number of hydrogen-bond acceptors (Lipinski definition) is 3. The van der Waals surface area contributed by atoms with Gasteiger partial charge in [-0.25, -0.2) is 0 Å². The molecule has 1 aliphatic rings. The van der Waals surface area contributed by atoms with Gasteiger partial charge in [0.2, 0.25) is 0 Å². The number of nitrogen functional groups attached to an aromatic ring is 1. The second-order valence-electron chi connectivity index (χ2n) is 4.80. The van der Waals surface area contributed by atoms with Gasteiger partial charge >= 0.3 is 0 Å². The number of hydrogen-bond donors (Lipinski definition) is 2. The number of carbonyl (C=O) groups excluding carboxylic acids is 1. The third kappa shape index (κ3) is 3.01. The molecule has 1 fully saturated rings. The van der Waals surface area contributed by atoms with Crippen molar-refractivity contribution >= 4 is 11.6 Å². The van der Waals surface area contributed by atoms with Gasteiger partial charge in [-0.15, -0.1) is 0 Å². The standard InChI is InChI=1S/C14H20N2O2/c1-10(11-6-8-18-9-7-11)16-14(17)12-4-2-3-5-13(12)15/h2-5,10-11H,6-9,15H2,1H3,(H,16,17).